The second kappa shape index (κ2) is 8.31. The number of amides is 3. The van der Waals surface area contributed by atoms with Gasteiger partial charge in [0.1, 0.15) is 0 Å². The highest BCUT2D eigenvalue weighted by atomic mass is 32.1. The van der Waals surface area contributed by atoms with E-state index in [0.29, 0.717) is 17.1 Å². The molecule has 0 radical (unpaired) electrons. The molecule has 0 fully saturated rings. The largest absolute Gasteiger partial charge is 0.478 e. The number of carboxylic acid groups (broad SMARTS) is 1. The predicted octanol–water partition coefficient (Wildman–Crippen LogP) is 4.11. The molecule has 0 bridgehead atoms. The van der Waals surface area contributed by atoms with Gasteiger partial charge in [-0.25, -0.2) is 13.9 Å². The average Bonchev–Trinajstić information content (AvgIpc) is 3.24. The minimum Gasteiger partial charge on any atom is -0.478 e. The van der Waals surface area contributed by atoms with Crippen molar-refractivity contribution in [3.8, 4) is 0 Å². The van der Waals surface area contributed by atoms with Crippen molar-refractivity contribution in [1.29, 1.82) is 0 Å². The van der Waals surface area contributed by atoms with Crippen molar-refractivity contribution >= 4 is 47.8 Å². The Balaban J connectivity index is 1.63. The molecule has 0 atom stereocenters. The van der Waals surface area contributed by atoms with Crippen LogP contribution in [0.3, 0.4) is 0 Å². The summed E-state index contributed by atoms with van der Waals surface area (Å²) in [7, 11) is 0. The molecule has 0 aliphatic carbocycles. The summed E-state index contributed by atoms with van der Waals surface area (Å²) in [6.45, 7) is 0. The maximum atomic E-state index is 12.3. The predicted molar refractivity (Wildman–Crippen MR) is 107 cm³/mol. The molecule has 1 heterocycles. The molecule has 0 aliphatic heterocycles. The normalized spacial score (nSPS) is 10.2. The molecule has 28 heavy (non-hydrogen) atoms. The molecule has 0 spiro atoms. The molecule has 3 aromatic rings. The topological polar surface area (TPSA) is 112 Å². The first-order chi connectivity index (χ1) is 13.4. The molecule has 0 saturated carbocycles. The number of benzene rings is 2. The first-order valence-electron chi connectivity index (χ1n) is 8.02. The monoisotopic (exact) mass is 397 g/mol. The van der Waals surface area contributed by atoms with E-state index in [9.17, 15) is 14.4 Å². The number of nitrogens with zero attached hydrogens (tertiary/aromatic N) is 1. The summed E-state index contributed by atoms with van der Waals surface area (Å²) < 4.78 is 6.01. The summed E-state index contributed by atoms with van der Waals surface area (Å²) in [5.41, 5.74) is 1.34. The number of nitrogens with one attached hydrogen (secondary N) is 2. The van der Waals surface area contributed by atoms with Gasteiger partial charge in [0.15, 0.2) is 5.76 Å². The van der Waals surface area contributed by atoms with E-state index >= 15 is 0 Å². The molecule has 9 heteroatoms. The average molecular weight is 397 g/mol. The molecule has 3 N–H and O–H groups in total. The summed E-state index contributed by atoms with van der Waals surface area (Å²) in [4.78, 5) is 35.3. The Hall–Kier alpha value is -3.72. The van der Waals surface area contributed by atoms with Crippen LogP contribution in [0, 0.1) is 0 Å². The van der Waals surface area contributed by atoms with Crippen LogP contribution in [0.5, 0.6) is 0 Å². The molecule has 0 aliphatic rings. The van der Waals surface area contributed by atoms with E-state index in [4.69, 9.17) is 9.52 Å². The Kier molecular flexibility index (Phi) is 5.66. The summed E-state index contributed by atoms with van der Waals surface area (Å²) in [6, 6.07) is 14.9. The number of carbonyl (C=O) groups excluding carboxylic acids is 2. The number of furan rings is 1. The van der Waals surface area contributed by atoms with Gasteiger partial charge in [-0.1, -0.05) is 18.9 Å². The molecule has 0 saturated heterocycles. The highest BCUT2D eigenvalue weighted by Gasteiger charge is 2.14. The van der Waals surface area contributed by atoms with E-state index in [1.54, 1.807) is 42.5 Å². The Morgan fingerprint density at radius 3 is 2.21 bits per heavy atom. The highest BCUT2D eigenvalue weighted by Crippen LogP contribution is 2.21. The van der Waals surface area contributed by atoms with Gasteiger partial charge in [-0.2, -0.15) is 0 Å². The number of carbonyl (C=O) groups is 3. The quantitative estimate of drug-likeness (QED) is 0.484. The van der Waals surface area contributed by atoms with E-state index < -0.39 is 12.0 Å². The van der Waals surface area contributed by atoms with Gasteiger partial charge in [-0.3, -0.25) is 4.79 Å². The lowest BCUT2D eigenvalue weighted by molar-refractivity contribution is 0.0696. The van der Waals surface area contributed by atoms with E-state index in [1.807, 2.05) is 0 Å². The molecular weight excluding hydrogens is 382 g/mol. The van der Waals surface area contributed by atoms with Crippen LogP contribution in [0.4, 0.5) is 21.9 Å². The van der Waals surface area contributed by atoms with Crippen LogP contribution in [0.2, 0.25) is 0 Å². The molecule has 1 aromatic heterocycles. The Morgan fingerprint density at radius 2 is 1.61 bits per heavy atom. The zero-order valence-corrected chi connectivity index (χ0v) is 15.2. The van der Waals surface area contributed by atoms with E-state index in [0.717, 1.165) is 4.31 Å². The van der Waals surface area contributed by atoms with E-state index in [1.165, 1.54) is 24.5 Å². The first kappa shape index (κ1) is 19.1. The van der Waals surface area contributed by atoms with Crippen LogP contribution in [-0.4, -0.2) is 23.0 Å². The van der Waals surface area contributed by atoms with Gasteiger partial charge in [0.2, 0.25) is 0 Å². The Morgan fingerprint density at radius 1 is 0.929 bits per heavy atom. The van der Waals surface area contributed by atoms with Crippen molar-refractivity contribution in [2.24, 2.45) is 0 Å². The van der Waals surface area contributed by atoms with Gasteiger partial charge in [-0.15, -0.1) is 0 Å². The second-order valence-electron chi connectivity index (χ2n) is 5.61. The van der Waals surface area contributed by atoms with Gasteiger partial charge in [0.05, 0.1) is 17.5 Å². The van der Waals surface area contributed by atoms with Crippen molar-refractivity contribution in [1.82, 2.24) is 0 Å². The summed E-state index contributed by atoms with van der Waals surface area (Å²) in [5, 5.41) is 14.3. The summed E-state index contributed by atoms with van der Waals surface area (Å²) in [5.74, 6) is -1.30. The summed E-state index contributed by atoms with van der Waals surface area (Å²) in [6.07, 6.45) is 1.41. The first-order valence-corrected chi connectivity index (χ1v) is 8.42. The van der Waals surface area contributed by atoms with Crippen molar-refractivity contribution in [3.05, 3.63) is 78.3 Å². The molecule has 2 aromatic carbocycles. The minimum atomic E-state index is -1.10. The van der Waals surface area contributed by atoms with Crippen LogP contribution in [0.25, 0.3) is 0 Å². The zero-order chi connectivity index (χ0) is 20.1. The van der Waals surface area contributed by atoms with Crippen molar-refractivity contribution < 1.29 is 23.9 Å². The van der Waals surface area contributed by atoms with Crippen LogP contribution in [0.15, 0.2) is 71.3 Å². The Bertz CT molecular complexity index is 1000. The van der Waals surface area contributed by atoms with Gasteiger partial charge in [0, 0.05) is 11.4 Å². The molecule has 142 valence electrons. The summed E-state index contributed by atoms with van der Waals surface area (Å²) >= 11 is 4.12. The van der Waals surface area contributed by atoms with Crippen LogP contribution >= 0.6 is 12.8 Å². The van der Waals surface area contributed by atoms with Gasteiger partial charge < -0.3 is 20.2 Å². The number of aromatic carboxylic acids is 1. The van der Waals surface area contributed by atoms with E-state index in [-0.39, 0.29) is 17.2 Å². The zero-order valence-electron chi connectivity index (χ0n) is 14.3. The number of hydrogen-bond donors (Lipinski definition) is 4. The lowest BCUT2D eigenvalue weighted by Crippen LogP contribution is -2.26. The number of carboxylic acids is 1. The van der Waals surface area contributed by atoms with Crippen molar-refractivity contribution in [3.63, 3.8) is 0 Å². The highest BCUT2D eigenvalue weighted by molar-refractivity contribution is 7.82. The maximum absolute atomic E-state index is 12.3. The number of urea groups is 1. The molecule has 0 unspecified atom stereocenters. The minimum absolute atomic E-state index is 0.0426. The van der Waals surface area contributed by atoms with Gasteiger partial charge >= 0.3 is 12.0 Å². The lowest BCUT2D eigenvalue weighted by Gasteiger charge is -2.17. The third-order valence-corrected chi connectivity index (χ3v) is 4.08. The lowest BCUT2D eigenvalue weighted by atomic mass is 10.2. The molecule has 3 amide bonds. The number of thiol groups is 1. The van der Waals surface area contributed by atoms with Crippen LogP contribution in [-0.2, 0) is 0 Å². The smallest absolute Gasteiger partial charge is 0.336 e. The SMILES string of the molecule is O=C(O)c1cccc(N(S)C(=O)Nc2ccc(NC(=O)c3ccco3)cc2)c1. The van der Waals surface area contributed by atoms with Crippen LogP contribution < -0.4 is 14.9 Å². The number of anilines is 3. The molecule has 8 nitrogen and oxygen atoms in total. The van der Waals surface area contributed by atoms with Gasteiger partial charge in [-0.05, 0) is 54.6 Å². The maximum Gasteiger partial charge on any atom is 0.336 e. The van der Waals surface area contributed by atoms with E-state index in [2.05, 4.69) is 23.4 Å². The van der Waals surface area contributed by atoms with Gasteiger partial charge in [0.25, 0.3) is 5.91 Å². The second-order valence-corrected chi connectivity index (χ2v) is 6.01. The third-order valence-electron chi connectivity index (χ3n) is 3.67. The molecular formula is C19H15N3O5S. The fourth-order valence-electron chi connectivity index (χ4n) is 2.30. The number of rotatable bonds is 5. The van der Waals surface area contributed by atoms with Crippen molar-refractivity contribution in [2.45, 2.75) is 0 Å². The third kappa shape index (κ3) is 4.51. The molecule has 3 rings (SSSR count). The Labute approximate surface area is 165 Å². The standard InChI is InChI=1S/C19H15N3O5S/c23-17(16-5-2-10-27-16)20-13-6-8-14(9-7-13)21-19(26)22(28)15-4-1-3-12(11-15)18(24)25/h1-11,28H,(H,20,23)(H,21,26)(H,24,25). The fraction of sp³-hybridized carbons (Fsp3) is 0. The van der Waals surface area contributed by atoms with Crippen LogP contribution in [0.1, 0.15) is 20.9 Å². The number of hydrogen-bond acceptors (Lipinski definition) is 5. The fourth-order valence-corrected chi connectivity index (χ4v) is 2.48. The van der Waals surface area contributed by atoms with Crippen molar-refractivity contribution in [2.75, 3.05) is 14.9 Å².